The van der Waals surface area contributed by atoms with Crippen LogP contribution in [0, 0.1) is 0 Å². The van der Waals surface area contributed by atoms with Crippen LogP contribution in [-0.4, -0.2) is 10.9 Å². The molecule has 0 bridgehead atoms. The van der Waals surface area contributed by atoms with Crippen molar-refractivity contribution in [3.8, 4) is 0 Å². The lowest BCUT2D eigenvalue weighted by atomic mass is 10.2. The van der Waals surface area contributed by atoms with E-state index in [1.165, 1.54) is 0 Å². The predicted molar refractivity (Wildman–Crippen MR) is 90.2 cm³/mol. The van der Waals surface area contributed by atoms with E-state index in [0.717, 1.165) is 9.99 Å². The summed E-state index contributed by atoms with van der Waals surface area (Å²) in [5, 5.41) is 2.87. The molecule has 5 heteroatoms. The van der Waals surface area contributed by atoms with Gasteiger partial charge < -0.3 is 9.73 Å². The maximum Gasteiger partial charge on any atom is 0.256 e. The minimum Gasteiger partial charge on any atom is -0.440 e. The molecule has 0 spiro atoms. The molecule has 0 saturated carbocycles. The van der Waals surface area contributed by atoms with E-state index in [1.54, 1.807) is 12.1 Å². The average molecular weight is 359 g/mol. The van der Waals surface area contributed by atoms with Crippen LogP contribution in [0.15, 0.2) is 51.4 Å². The van der Waals surface area contributed by atoms with Crippen molar-refractivity contribution in [2.24, 2.45) is 0 Å². The molecule has 1 amide bonds. The molecule has 3 rings (SSSR count). The molecule has 1 aromatic heterocycles. The molecule has 1 N–H and O–H groups in total. The Morgan fingerprint density at radius 1 is 1.23 bits per heavy atom. The van der Waals surface area contributed by atoms with E-state index in [1.807, 2.05) is 44.2 Å². The second-order valence-corrected chi connectivity index (χ2v) is 6.18. The number of oxazole rings is 1. The van der Waals surface area contributed by atoms with Gasteiger partial charge in [-0.3, -0.25) is 4.79 Å². The SMILES string of the molecule is CC(C)c1nc2ccc(NC(=O)c3ccccc3Br)cc2o1. The molecule has 0 atom stereocenters. The Bertz CT molecular complexity index is 840. The first kappa shape index (κ1) is 14.8. The Labute approximate surface area is 136 Å². The number of hydrogen-bond acceptors (Lipinski definition) is 3. The number of rotatable bonds is 3. The van der Waals surface area contributed by atoms with Gasteiger partial charge in [0, 0.05) is 22.1 Å². The molecule has 1 heterocycles. The lowest BCUT2D eigenvalue weighted by molar-refractivity contribution is 0.102. The van der Waals surface area contributed by atoms with E-state index >= 15 is 0 Å². The number of fused-ring (bicyclic) bond motifs is 1. The van der Waals surface area contributed by atoms with Gasteiger partial charge in [-0.1, -0.05) is 26.0 Å². The van der Waals surface area contributed by atoms with Crippen LogP contribution in [0.5, 0.6) is 0 Å². The number of hydrogen-bond donors (Lipinski definition) is 1. The van der Waals surface area contributed by atoms with Crippen molar-refractivity contribution in [2.45, 2.75) is 19.8 Å². The summed E-state index contributed by atoms with van der Waals surface area (Å²) in [6.07, 6.45) is 0. The standard InChI is InChI=1S/C17H15BrN2O2/c1-10(2)17-20-14-8-7-11(9-15(14)22-17)19-16(21)12-5-3-4-6-13(12)18/h3-10H,1-2H3,(H,19,21). The Kier molecular flexibility index (Phi) is 3.98. The molecule has 3 aromatic rings. The first-order chi connectivity index (χ1) is 10.5. The van der Waals surface area contributed by atoms with Crippen LogP contribution in [-0.2, 0) is 0 Å². The molecule has 0 aliphatic rings. The van der Waals surface area contributed by atoms with Crippen LogP contribution in [0.3, 0.4) is 0 Å². The van der Waals surface area contributed by atoms with Gasteiger partial charge in [-0.25, -0.2) is 4.98 Å². The van der Waals surface area contributed by atoms with Gasteiger partial charge >= 0.3 is 0 Å². The molecule has 22 heavy (non-hydrogen) atoms. The van der Waals surface area contributed by atoms with Gasteiger partial charge in [0.1, 0.15) is 5.52 Å². The van der Waals surface area contributed by atoms with Crippen molar-refractivity contribution in [3.63, 3.8) is 0 Å². The molecule has 0 radical (unpaired) electrons. The van der Waals surface area contributed by atoms with Gasteiger partial charge in [0.25, 0.3) is 5.91 Å². The largest absolute Gasteiger partial charge is 0.440 e. The van der Waals surface area contributed by atoms with Gasteiger partial charge in [-0.05, 0) is 40.2 Å². The summed E-state index contributed by atoms with van der Waals surface area (Å²) in [5.74, 6) is 0.755. The first-order valence-corrected chi connectivity index (χ1v) is 7.80. The molecule has 0 unspecified atom stereocenters. The van der Waals surface area contributed by atoms with Crippen molar-refractivity contribution in [3.05, 3.63) is 58.4 Å². The van der Waals surface area contributed by atoms with E-state index in [4.69, 9.17) is 4.42 Å². The lowest BCUT2D eigenvalue weighted by Crippen LogP contribution is -2.12. The second-order valence-electron chi connectivity index (χ2n) is 5.32. The fourth-order valence-electron chi connectivity index (χ4n) is 2.11. The number of amides is 1. The van der Waals surface area contributed by atoms with Gasteiger partial charge in [0.05, 0.1) is 5.56 Å². The molecule has 0 saturated heterocycles. The number of halogens is 1. The summed E-state index contributed by atoms with van der Waals surface area (Å²) in [6.45, 7) is 4.06. The smallest absolute Gasteiger partial charge is 0.256 e. The highest BCUT2D eigenvalue weighted by atomic mass is 79.9. The molecule has 0 aliphatic carbocycles. The number of nitrogens with zero attached hydrogens (tertiary/aromatic N) is 1. The number of anilines is 1. The molecular formula is C17H15BrN2O2. The maximum atomic E-state index is 12.3. The van der Waals surface area contributed by atoms with Gasteiger partial charge in [-0.15, -0.1) is 0 Å². The fraction of sp³-hybridized carbons (Fsp3) is 0.176. The Morgan fingerprint density at radius 2 is 2.00 bits per heavy atom. The third kappa shape index (κ3) is 2.90. The highest BCUT2D eigenvalue weighted by Gasteiger charge is 2.12. The van der Waals surface area contributed by atoms with Crippen LogP contribution in [0.4, 0.5) is 5.69 Å². The third-order valence-electron chi connectivity index (χ3n) is 3.28. The highest BCUT2D eigenvalue weighted by Crippen LogP contribution is 2.24. The zero-order valence-corrected chi connectivity index (χ0v) is 13.8. The molecule has 2 aromatic carbocycles. The molecule has 0 fully saturated rings. The quantitative estimate of drug-likeness (QED) is 0.719. The summed E-state index contributed by atoms with van der Waals surface area (Å²) in [5.41, 5.74) is 2.74. The lowest BCUT2D eigenvalue weighted by Gasteiger charge is -2.06. The maximum absolute atomic E-state index is 12.3. The second kappa shape index (κ2) is 5.93. The summed E-state index contributed by atoms with van der Waals surface area (Å²) in [4.78, 5) is 16.7. The number of carbonyl (C=O) groups excluding carboxylic acids is 1. The summed E-state index contributed by atoms with van der Waals surface area (Å²) in [6, 6.07) is 12.8. The summed E-state index contributed by atoms with van der Waals surface area (Å²) in [7, 11) is 0. The third-order valence-corrected chi connectivity index (χ3v) is 3.97. The van der Waals surface area contributed by atoms with Crippen LogP contribution < -0.4 is 5.32 Å². The highest BCUT2D eigenvalue weighted by molar-refractivity contribution is 9.10. The summed E-state index contributed by atoms with van der Waals surface area (Å²) >= 11 is 3.38. The monoisotopic (exact) mass is 358 g/mol. The van der Waals surface area contributed by atoms with E-state index in [0.29, 0.717) is 22.7 Å². The number of nitrogens with one attached hydrogen (secondary N) is 1. The Hall–Kier alpha value is -2.14. The Balaban J connectivity index is 1.88. The van der Waals surface area contributed by atoms with Gasteiger partial charge in [0.15, 0.2) is 11.5 Å². The van der Waals surface area contributed by atoms with Crippen molar-refractivity contribution in [2.75, 3.05) is 5.32 Å². The van der Waals surface area contributed by atoms with Crippen LogP contribution in [0.1, 0.15) is 36.0 Å². The number of benzene rings is 2. The molecule has 112 valence electrons. The van der Waals surface area contributed by atoms with Crippen LogP contribution >= 0.6 is 15.9 Å². The zero-order chi connectivity index (χ0) is 15.7. The van der Waals surface area contributed by atoms with E-state index in [-0.39, 0.29) is 11.8 Å². The summed E-state index contributed by atoms with van der Waals surface area (Å²) < 4.78 is 6.47. The van der Waals surface area contributed by atoms with Crippen molar-refractivity contribution < 1.29 is 9.21 Å². The van der Waals surface area contributed by atoms with Gasteiger partial charge in [0.2, 0.25) is 0 Å². The predicted octanol–water partition coefficient (Wildman–Crippen LogP) is 4.97. The number of aromatic nitrogens is 1. The van der Waals surface area contributed by atoms with Crippen LogP contribution in [0.25, 0.3) is 11.1 Å². The Morgan fingerprint density at radius 3 is 2.73 bits per heavy atom. The minimum atomic E-state index is -0.171. The normalized spacial score (nSPS) is 11.1. The fourth-order valence-corrected chi connectivity index (χ4v) is 2.58. The van der Waals surface area contributed by atoms with Crippen LogP contribution in [0.2, 0.25) is 0 Å². The minimum absolute atomic E-state index is 0.171. The van der Waals surface area contributed by atoms with Crippen molar-refractivity contribution in [1.29, 1.82) is 0 Å². The van der Waals surface area contributed by atoms with Gasteiger partial charge in [-0.2, -0.15) is 0 Å². The number of carbonyl (C=O) groups is 1. The molecule has 4 nitrogen and oxygen atoms in total. The average Bonchev–Trinajstić information content (AvgIpc) is 2.91. The van der Waals surface area contributed by atoms with Crippen molar-refractivity contribution in [1.82, 2.24) is 4.98 Å². The zero-order valence-electron chi connectivity index (χ0n) is 12.3. The molecule has 0 aliphatic heterocycles. The van der Waals surface area contributed by atoms with E-state index < -0.39 is 0 Å². The van der Waals surface area contributed by atoms with E-state index in [9.17, 15) is 4.79 Å². The van der Waals surface area contributed by atoms with Crippen molar-refractivity contribution >= 4 is 38.6 Å². The first-order valence-electron chi connectivity index (χ1n) is 7.01. The van der Waals surface area contributed by atoms with E-state index in [2.05, 4.69) is 26.2 Å². The topological polar surface area (TPSA) is 55.1 Å². The molecular weight excluding hydrogens is 344 g/mol.